The van der Waals surface area contributed by atoms with Crippen molar-refractivity contribution >= 4 is 21.7 Å². The van der Waals surface area contributed by atoms with Crippen LogP contribution in [0.1, 0.15) is 17.2 Å². The molecule has 9 heteroatoms. The predicted octanol–water partition coefficient (Wildman–Crippen LogP) is -0.636. The molecular formula is C20H27N4O4S+. The van der Waals surface area contributed by atoms with E-state index in [0.717, 1.165) is 13.0 Å². The van der Waals surface area contributed by atoms with Gasteiger partial charge in [0.1, 0.15) is 5.25 Å². The van der Waals surface area contributed by atoms with Crippen LogP contribution in [0.3, 0.4) is 0 Å². The Morgan fingerprint density at radius 2 is 1.72 bits per heavy atom. The number of nitrogens with one attached hydrogen (secondary N) is 3. The standard InChI is InChI=1S/C20H26N4O4S/c1-24(2)13-7-12-22-19(25)20(26)23-15-18(16-8-6-11-21-14-16)29(27,28)17-9-4-3-5-10-17/h3-6,8-11,14,18H,7,12-13,15H2,1-2H3,(H,22,25)(H,23,26)/p+1/t18-/m1/s1. The van der Waals surface area contributed by atoms with Gasteiger partial charge in [-0.05, 0) is 23.8 Å². The second-order valence-electron chi connectivity index (χ2n) is 6.91. The fourth-order valence-electron chi connectivity index (χ4n) is 2.74. The second-order valence-corrected chi connectivity index (χ2v) is 9.04. The lowest BCUT2D eigenvalue weighted by Crippen LogP contribution is -3.05. The van der Waals surface area contributed by atoms with E-state index in [1.165, 1.54) is 29.4 Å². The number of carbonyl (C=O) groups excluding carboxylic acids is 2. The average molecular weight is 420 g/mol. The molecule has 0 bridgehead atoms. The summed E-state index contributed by atoms with van der Waals surface area (Å²) in [7, 11) is 0.205. The van der Waals surface area contributed by atoms with Gasteiger partial charge in [0, 0.05) is 31.9 Å². The van der Waals surface area contributed by atoms with Crippen molar-refractivity contribution in [2.75, 3.05) is 33.7 Å². The maximum absolute atomic E-state index is 13.1. The first kappa shape index (κ1) is 22.5. The van der Waals surface area contributed by atoms with Gasteiger partial charge >= 0.3 is 11.8 Å². The number of hydrogen-bond donors (Lipinski definition) is 3. The zero-order valence-corrected chi connectivity index (χ0v) is 17.4. The lowest BCUT2D eigenvalue weighted by Gasteiger charge is -2.18. The van der Waals surface area contributed by atoms with Crippen molar-refractivity contribution < 1.29 is 22.9 Å². The second kappa shape index (κ2) is 10.7. The maximum atomic E-state index is 13.1. The smallest absolute Gasteiger partial charge is 0.309 e. The van der Waals surface area contributed by atoms with Crippen LogP contribution in [-0.4, -0.2) is 58.9 Å². The topological polar surface area (TPSA) is 110 Å². The minimum absolute atomic E-state index is 0.138. The molecule has 0 fully saturated rings. The number of amides is 2. The molecule has 1 aromatic carbocycles. The summed E-state index contributed by atoms with van der Waals surface area (Å²) in [5.41, 5.74) is 0.436. The molecule has 2 rings (SSSR count). The molecule has 3 N–H and O–H groups in total. The van der Waals surface area contributed by atoms with Crippen LogP contribution in [0.2, 0.25) is 0 Å². The van der Waals surface area contributed by atoms with Crippen LogP contribution in [0.4, 0.5) is 0 Å². The van der Waals surface area contributed by atoms with Gasteiger partial charge in [0.05, 0.1) is 25.5 Å². The Labute approximate surface area is 171 Å². The maximum Gasteiger partial charge on any atom is 0.309 e. The molecule has 0 aliphatic heterocycles. The van der Waals surface area contributed by atoms with E-state index < -0.39 is 26.9 Å². The number of pyridine rings is 1. The summed E-state index contributed by atoms with van der Waals surface area (Å²) in [5, 5.41) is 3.93. The summed E-state index contributed by atoms with van der Waals surface area (Å²) in [6.45, 7) is 1.00. The third-order valence-corrected chi connectivity index (χ3v) is 6.41. The minimum atomic E-state index is -3.80. The van der Waals surface area contributed by atoms with Gasteiger partial charge < -0.3 is 15.5 Å². The largest absolute Gasteiger partial charge is 0.348 e. The Morgan fingerprint density at radius 1 is 1.03 bits per heavy atom. The van der Waals surface area contributed by atoms with Crippen LogP contribution in [-0.2, 0) is 19.4 Å². The van der Waals surface area contributed by atoms with Crippen molar-refractivity contribution in [1.29, 1.82) is 0 Å². The highest BCUT2D eigenvalue weighted by atomic mass is 32.2. The number of carbonyl (C=O) groups is 2. The Kier molecular flexibility index (Phi) is 8.29. The molecule has 0 saturated heterocycles. The van der Waals surface area contributed by atoms with Crippen molar-refractivity contribution in [3.05, 3.63) is 60.4 Å². The Hall–Kier alpha value is -2.78. The molecule has 156 valence electrons. The molecule has 1 aromatic heterocycles. The summed E-state index contributed by atoms with van der Waals surface area (Å²) < 4.78 is 26.2. The van der Waals surface area contributed by atoms with Crippen molar-refractivity contribution in [3.8, 4) is 0 Å². The van der Waals surface area contributed by atoms with Gasteiger partial charge in [-0.3, -0.25) is 14.6 Å². The molecule has 1 atom stereocenters. The first-order chi connectivity index (χ1) is 13.8. The van der Waals surface area contributed by atoms with E-state index in [9.17, 15) is 18.0 Å². The van der Waals surface area contributed by atoms with Crippen LogP contribution >= 0.6 is 0 Å². The number of nitrogens with zero attached hydrogens (tertiary/aromatic N) is 1. The summed E-state index contributed by atoms with van der Waals surface area (Å²) in [4.78, 5) is 29.5. The molecule has 1 heterocycles. The first-order valence-electron chi connectivity index (χ1n) is 9.36. The quantitative estimate of drug-likeness (QED) is 0.370. The lowest BCUT2D eigenvalue weighted by molar-refractivity contribution is -0.858. The van der Waals surface area contributed by atoms with E-state index in [4.69, 9.17) is 0 Å². The molecule has 0 radical (unpaired) electrons. The molecule has 2 amide bonds. The lowest BCUT2D eigenvalue weighted by atomic mass is 10.2. The SMILES string of the molecule is C[NH+](C)CCCNC(=O)C(=O)NC[C@H](c1cccnc1)S(=O)(=O)c1ccccc1. The fourth-order valence-corrected chi connectivity index (χ4v) is 4.40. The number of hydrogen-bond acceptors (Lipinski definition) is 5. The number of aromatic nitrogens is 1. The first-order valence-corrected chi connectivity index (χ1v) is 10.9. The number of sulfone groups is 1. The van der Waals surface area contributed by atoms with Crippen LogP contribution < -0.4 is 15.5 Å². The average Bonchev–Trinajstić information content (AvgIpc) is 2.72. The Morgan fingerprint density at radius 3 is 2.34 bits per heavy atom. The molecule has 8 nitrogen and oxygen atoms in total. The molecule has 2 aromatic rings. The van der Waals surface area contributed by atoms with E-state index in [2.05, 4.69) is 15.6 Å². The van der Waals surface area contributed by atoms with Crippen LogP contribution in [0.25, 0.3) is 0 Å². The monoisotopic (exact) mass is 419 g/mol. The third-order valence-electron chi connectivity index (χ3n) is 4.30. The van der Waals surface area contributed by atoms with Crippen LogP contribution in [0.5, 0.6) is 0 Å². The summed E-state index contributed by atoms with van der Waals surface area (Å²) in [6, 6.07) is 11.3. The van der Waals surface area contributed by atoms with E-state index in [1.54, 1.807) is 30.3 Å². The van der Waals surface area contributed by atoms with Gasteiger partial charge in [0.2, 0.25) is 0 Å². The highest BCUT2D eigenvalue weighted by Crippen LogP contribution is 2.27. The zero-order chi connectivity index (χ0) is 21.3. The molecule has 0 saturated carbocycles. The summed E-state index contributed by atoms with van der Waals surface area (Å²) >= 11 is 0. The molecular weight excluding hydrogens is 392 g/mol. The van der Waals surface area contributed by atoms with E-state index in [1.807, 2.05) is 14.1 Å². The molecule has 29 heavy (non-hydrogen) atoms. The van der Waals surface area contributed by atoms with Crippen molar-refractivity contribution in [1.82, 2.24) is 15.6 Å². The Balaban J connectivity index is 2.08. The zero-order valence-electron chi connectivity index (χ0n) is 16.6. The van der Waals surface area contributed by atoms with Crippen molar-refractivity contribution in [3.63, 3.8) is 0 Å². The third kappa shape index (κ3) is 6.65. The highest BCUT2D eigenvalue weighted by molar-refractivity contribution is 7.91. The molecule has 0 aliphatic carbocycles. The molecule has 0 spiro atoms. The van der Waals surface area contributed by atoms with Gasteiger partial charge in [-0.15, -0.1) is 0 Å². The number of benzene rings is 1. The van der Waals surface area contributed by atoms with Crippen molar-refractivity contribution in [2.24, 2.45) is 0 Å². The minimum Gasteiger partial charge on any atom is -0.348 e. The van der Waals surface area contributed by atoms with Gasteiger partial charge in [-0.25, -0.2) is 8.42 Å². The molecule has 0 unspecified atom stereocenters. The van der Waals surface area contributed by atoms with Crippen LogP contribution in [0.15, 0.2) is 59.8 Å². The van der Waals surface area contributed by atoms with Gasteiger partial charge in [-0.1, -0.05) is 24.3 Å². The van der Waals surface area contributed by atoms with Gasteiger partial charge in [-0.2, -0.15) is 0 Å². The predicted molar refractivity (Wildman–Crippen MR) is 109 cm³/mol. The molecule has 0 aliphatic rings. The van der Waals surface area contributed by atoms with Crippen molar-refractivity contribution in [2.45, 2.75) is 16.6 Å². The highest BCUT2D eigenvalue weighted by Gasteiger charge is 2.30. The van der Waals surface area contributed by atoms with E-state index >= 15 is 0 Å². The summed E-state index contributed by atoms with van der Waals surface area (Å²) in [6.07, 6.45) is 3.72. The van der Waals surface area contributed by atoms with E-state index in [-0.39, 0.29) is 11.4 Å². The Bertz CT molecular complexity index is 903. The van der Waals surface area contributed by atoms with Gasteiger partial charge in [0.15, 0.2) is 9.84 Å². The summed E-state index contributed by atoms with van der Waals surface area (Å²) in [5.74, 6) is -1.64. The number of rotatable bonds is 9. The van der Waals surface area contributed by atoms with Gasteiger partial charge in [0.25, 0.3) is 0 Å². The normalized spacial score (nSPS) is 12.4. The number of quaternary nitrogens is 1. The van der Waals surface area contributed by atoms with E-state index in [0.29, 0.717) is 12.1 Å². The fraction of sp³-hybridized carbons (Fsp3) is 0.350. The van der Waals surface area contributed by atoms with Crippen LogP contribution in [0, 0.1) is 0 Å².